The van der Waals surface area contributed by atoms with Crippen molar-refractivity contribution in [1.82, 2.24) is 0 Å². The molecule has 0 aromatic heterocycles. The molecule has 2 aliphatic heterocycles. The van der Waals surface area contributed by atoms with E-state index >= 15 is 0 Å². The van der Waals surface area contributed by atoms with E-state index in [9.17, 15) is 19.1 Å². The number of aliphatic hydroxyl groups excluding tert-OH is 1. The van der Waals surface area contributed by atoms with Gasteiger partial charge in [-0.2, -0.15) is 0 Å². The summed E-state index contributed by atoms with van der Waals surface area (Å²) in [6.07, 6.45) is 0.695. The molecule has 0 aliphatic carbocycles. The molecule has 3 aromatic carbocycles. The summed E-state index contributed by atoms with van der Waals surface area (Å²) in [4.78, 5) is 27.6. The van der Waals surface area contributed by atoms with Crippen molar-refractivity contribution < 1.29 is 28.6 Å². The van der Waals surface area contributed by atoms with E-state index in [1.54, 1.807) is 48.5 Å². The van der Waals surface area contributed by atoms with Crippen LogP contribution in [-0.4, -0.2) is 30.0 Å². The van der Waals surface area contributed by atoms with E-state index < -0.39 is 23.5 Å². The zero-order chi connectivity index (χ0) is 24.0. The number of carbonyl (C=O) groups excluding carboxylic acids is 2. The van der Waals surface area contributed by atoms with Crippen LogP contribution in [0.4, 0.5) is 10.1 Å². The summed E-state index contributed by atoms with van der Waals surface area (Å²) >= 11 is 0. The highest BCUT2D eigenvalue weighted by Crippen LogP contribution is 2.43. The highest BCUT2D eigenvalue weighted by molar-refractivity contribution is 6.51. The minimum atomic E-state index is -0.948. The molecule has 3 aromatic rings. The first-order chi connectivity index (χ1) is 16.4. The third-order valence-corrected chi connectivity index (χ3v) is 6.13. The molecule has 1 N–H and O–H groups in total. The number of hydrogen-bond donors (Lipinski definition) is 1. The van der Waals surface area contributed by atoms with Crippen molar-refractivity contribution in [3.8, 4) is 11.5 Å². The average Bonchev–Trinajstić information content (AvgIpc) is 3.34. The molecule has 7 heteroatoms. The lowest BCUT2D eigenvalue weighted by molar-refractivity contribution is -0.132. The standard InChI is InChI=1S/C27H22FNO5/c1-15-12-18-13-17(8-11-22(18)34-15)25(30)23-24(16-6-9-21(33-2)10-7-16)29(27(32)26(23)31)20-5-3-4-19(28)14-20/h3-11,13-15,24,30H,12H2,1-2H3/b25-23-. The molecule has 2 heterocycles. The van der Waals surface area contributed by atoms with E-state index in [-0.39, 0.29) is 23.1 Å². The van der Waals surface area contributed by atoms with Gasteiger partial charge in [-0.15, -0.1) is 0 Å². The summed E-state index contributed by atoms with van der Waals surface area (Å²) in [6, 6.07) is 16.5. The Bertz CT molecular complexity index is 1330. The number of anilines is 1. The van der Waals surface area contributed by atoms with E-state index in [2.05, 4.69) is 0 Å². The molecule has 2 aliphatic rings. The van der Waals surface area contributed by atoms with Gasteiger partial charge in [0.25, 0.3) is 11.7 Å². The van der Waals surface area contributed by atoms with Gasteiger partial charge in [0.05, 0.1) is 18.7 Å². The second-order valence-electron chi connectivity index (χ2n) is 8.38. The van der Waals surface area contributed by atoms with E-state index in [1.165, 1.54) is 30.2 Å². The van der Waals surface area contributed by atoms with Crippen molar-refractivity contribution in [3.63, 3.8) is 0 Å². The molecule has 2 unspecified atom stereocenters. The third kappa shape index (κ3) is 3.59. The number of Topliss-reactive ketones (excluding diaryl/α,β-unsaturated/α-hetero) is 1. The minimum absolute atomic E-state index is 0.0188. The van der Waals surface area contributed by atoms with Crippen LogP contribution in [-0.2, 0) is 16.0 Å². The van der Waals surface area contributed by atoms with E-state index in [1.807, 2.05) is 6.92 Å². The molecule has 172 valence electrons. The van der Waals surface area contributed by atoms with Crippen molar-refractivity contribution in [2.75, 3.05) is 12.0 Å². The Hall–Kier alpha value is -4.13. The lowest BCUT2D eigenvalue weighted by Crippen LogP contribution is -2.29. The number of amides is 1. The number of aliphatic hydroxyl groups is 1. The summed E-state index contributed by atoms with van der Waals surface area (Å²) in [6.45, 7) is 1.95. The van der Waals surface area contributed by atoms with Gasteiger partial charge in [-0.25, -0.2) is 4.39 Å². The largest absolute Gasteiger partial charge is 0.507 e. The molecule has 1 fully saturated rings. The van der Waals surface area contributed by atoms with Gasteiger partial charge in [-0.1, -0.05) is 18.2 Å². The molecule has 0 bridgehead atoms. The Kier molecular flexibility index (Phi) is 5.32. The fraction of sp³-hybridized carbons (Fsp3) is 0.185. The summed E-state index contributed by atoms with van der Waals surface area (Å²) in [5, 5.41) is 11.3. The molecule has 34 heavy (non-hydrogen) atoms. The van der Waals surface area contributed by atoms with Crippen LogP contribution in [0, 0.1) is 5.82 Å². The van der Waals surface area contributed by atoms with Gasteiger partial charge in [0, 0.05) is 17.7 Å². The topological polar surface area (TPSA) is 76.1 Å². The summed E-state index contributed by atoms with van der Waals surface area (Å²) < 4.78 is 25.0. The van der Waals surface area contributed by atoms with Gasteiger partial charge in [0.1, 0.15) is 29.2 Å². The predicted octanol–water partition coefficient (Wildman–Crippen LogP) is 4.78. The SMILES string of the molecule is COc1ccc(C2/C(=C(/O)c3ccc4c(c3)CC(C)O4)C(=O)C(=O)N2c2cccc(F)c2)cc1. The van der Waals surface area contributed by atoms with E-state index in [4.69, 9.17) is 9.47 Å². The van der Waals surface area contributed by atoms with Crippen LogP contribution in [0.5, 0.6) is 11.5 Å². The Morgan fingerprint density at radius 3 is 2.56 bits per heavy atom. The van der Waals surface area contributed by atoms with Crippen LogP contribution < -0.4 is 14.4 Å². The number of carbonyl (C=O) groups is 2. The number of ketones is 1. The quantitative estimate of drug-likeness (QED) is 0.345. The zero-order valence-electron chi connectivity index (χ0n) is 18.6. The van der Waals surface area contributed by atoms with Crippen LogP contribution >= 0.6 is 0 Å². The average molecular weight is 459 g/mol. The predicted molar refractivity (Wildman–Crippen MR) is 124 cm³/mol. The molecule has 5 rings (SSSR count). The molecule has 0 saturated carbocycles. The van der Waals surface area contributed by atoms with Gasteiger partial charge in [0.2, 0.25) is 0 Å². The molecular weight excluding hydrogens is 437 g/mol. The summed E-state index contributed by atoms with van der Waals surface area (Å²) in [5.41, 5.74) is 2.05. The van der Waals surface area contributed by atoms with E-state index in [0.717, 1.165) is 11.3 Å². The van der Waals surface area contributed by atoms with Crippen LogP contribution in [0.2, 0.25) is 0 Å². The molecule has 2 atom stereocenters. The van der Waals surface area contributed by atoms with Crippen LogP contribution in [0.3, 0.4) is 0 Å². The highest BCUT2D eigenvalue weighted by Gasteiger charge is 2.47. The number of benzene rings is 3. The zero-order valence-corrected chi connectivity index (χ0v) is 18.6. The molecule has 0 radical (unpaired) electrons. The maximum atomic E-state index is 14.0. The minimum Gasteiger partial charge on any atom is -0.507 e. The van der Waals surface area contributed by atoms with Crippen molar-refractivity contribution in [3.05, 3.63) is 94.8 Å². The van der Waals surface area contributed by atoms with Crippen LogP contribution in [0.15, 0.2) is 72.3 Å². The number of rotatable bonds is 4. The summed E-state index contributed by atoms with van der Waals surface area (Å²) in [5.74, 6) is -1.19. The second-order valence-corrected chi connectivity index (χ2v) is 8.38. The molecule has 1 saturated heterocycles. The summed E-state index contributed by atoms with van der Waals surface area (Å²) in [7, 11) is 1.53. The Morgan fingerprint density at radius 1 is 1.09 bits per heavy atom. The van der Waals surface area contributed by atoms with Gasteiger partial charge in [0.15, 0.2) is 0 Å². The smallest absolute Gasteiger partial charge is 0.300 e. The Labute approximate surface area is 195 Å². The first kappa shape index (κ1) is 21.7. The van der Waals surface area contributed by atoms with Gasteiger partial charge in [-0.05, 0) is 66.6 Å². The molecular formula is C27H22FNO5. The first-order valence-electron chi connectivity index (χ1n) is 10.9. The lowest BCUT2D eigenvalue weighted by atomic mass is 9.94. The maximum absolute atomic E-state index is 14.0. The second kappa shape index (κ2) is 8.33. The van der Waals surface area contributed by atoms with Crippen molar-refractivity contribution in [1.29, 1.82) is 0 Å². The number of halogens is 1. The number of fused-ring (bicyclic) bond motifs is 1. The number of ether oxygens (including phenoxy) is 2. The van der Waals surface area contributed by atoms with Crippen LogP contribution in [0.1, 0.15) is 29.7 Å². The van der Waals surface area contributed by atoms with Crippen molar-refractivity contribution in [2.24, 2.45) is 0 Å². The Balaban J connectivity index is 1.68. The third-order valence-electron chi connectivity index (χ3n) is 6.13. The molecule has 0 spiro atoms. The first-order valence-corrected chi connectivity index (χ1v) is 10.9. The molecule has 1 amide bonds. The number of methoxy groups -OCH3 is 1. The fourth-order valence-electron chi connectivity index (χ4n) is 4.55. The monoisotopic (exact) mass is 459 g/mol. The van der Waals surface area contributed by atoms with E-state index in [0.29, 0.717) is 23.3 Å². The van der Waals surface area contributed by atoms with Crippen LogP contribution in [0.25, 0.3) is 5.76 Å². The van der Waals surface area contributed by atoms with Crippen molar-refractivity contribution in [2.45, 2.75) is 25.5 Å². The van der Waals surface area contributed by atoms with Crippen molar-refractivity contribution >= 4 is 23.1 Å². The highest BCUT2D eigenvalue weighted by atomic mass is 19.1. The lowest BCUT2D eigenvalue weighted by Gasteiger charge is -2.25. The Morgan fingerprint density at radius 2 is 1.85 bits per heavy atom. The maximum Gasteiger partial charge on any atom is 0.300 e. The van der Waals surface area contributed by atoms with Gasteiger partial charge in [-0.3, -0.25) is 14.5 Å². The number of nitrogens with zero attached hydrogens (tertiary/aromatic N) is 1. The fourth-order valence-corrected chi connectivity index (χ4v) is 4.55. The number of hydrogen-bond acceptors (Lipinski definition) is 5. The molecule has 6 nitrogen and oxygen atoms in total. The van der Waals surface area contributed by atoms with Gasteiger partial charge >= 0.3 is 0 Å². The van der Waals surface area contributed by atoms with Gasteiger partial charge < -0.3 is 14.6 Å². The normalized spacial score (nSPS) is 20.9.